The number of halogens is 6. The number of carbonyl (C=O) groups excluding carboxylic acids is 1. The predicted molar refractivity (Wildman–Crippen MR) is 109 cm³/mol. The van der Waals surface area contributed by atoms with Crippen LogP contribution >= 0.6 is 0 Å². The number of alkyl halides is 6. The zero-order valence-electron chi connectivity index (χ0n) is 18.1. The second-order valence-corrected chi connectivity index (χ2v) is 9.34. The zero-order valence-corrected chi connectivity index (χ0v) is 18.1. The lowest BCUT2D eigenvalue weighted by atomic mass is 9.72. The number of ether oxygens (including phenoxy) is 1. The number of hydrogen-bond donors (Lipinski definition) is 0. The van der Waals surface area contributed by atoms with Crippen molar-refractivity contribution >= 4 is 11.8 Å². The number of hydrogen-bond acceptors (Lipinski definition) is 4. The quantitative estimate of drug-likeness (QED) is 0.581. The number of carbonyl (C=O) groups is 1. The minimum absolute atomic E-state index is 0.0558. The molecule has 3 aliphatic heterocycles. The summed E-state index contributed by atoms with van der Waals surface area (Å²) in [7, 11) is 0. The first-order chi connectivity index (χ1) is 15.5. The van der Waals surface area contributed by atoms with E-state index in [0.717, 1.165) is 37.6 Å². The normalized spacial score (nSPS) is 21.5. The summed E-state index contributed by atoms with van der Waals surface area (Å²) in [6.45, 7) is 4.71. The van der Waals surface area contributed by atoms with E-state index in [-0.39, 0.29) is 18.5 Å². The number of anilines is 1. The van der Waals surface area contributed by atoms with Crippen LogP contribution in [0, 0.1) is 5.41 Å². The molecule has 0 aromatic heterocycles. The zero-order chi connectivity index (χ0) is 23.9. The van der Waals surface area contributed by atoms with E-state index in [9.17, 15) is 31.1 Å². The van der Waals surface area contributed by atoms with Gasteiger partial charge in [0.25, 0.3) is 6.10 Å². The summed E-state index contributed by atoms with van der Waals surface area (Å²) in [5.74, 6) is 0. The lowest BCUT2D eigenvalue weighted by Gasteiger charge is -2.54. The van der Waals surface area contributed by atoms with Gasteiger partial charge in [0.05, 0.1) is 0 Å². The Bertz CT molecular complexity index is 806. The van der Waals surface area contributed by atoms with Crippen molar-refractivity contribution in [3.05, 3.63) is 29.8 Å². The van der Waals surface area contributed by atoms with Crippen molar-refractivity contribution in [1.29, 1.82) is 0 Å². The first-order valence-corrected chi connectivity index (χ1v) is 11.1. The van der Waals surface area contributed by atoms with E-state index in [4.69, 9.17) is 0 Å². The van der Waals surface area contributed by atoms with Gasteiger partial charge in [-0.1, -0.05) is 12.1 Å². The lowest BCUT2D eigenvalue weighted by molar-refractivity contribution is -0.308. The molecule has 3 aliphatic rings. The fourth-order valence-corrected chi connectivity index (χ4v) is 5.03. The molecule has 0 bridgehead atoms. The highest BCUT2D eigenvalue weighted by atomic mass is 19.4. The van der Waals surface area contributed by atoms with Crippen molar-refractivity contribution < 1.29 is 35.9 Å². The van der Waals surface area contributed by atoms with Crippen molar-refractivity contribution in [3.8, 4) is 0 Å². The smallest absolute Gasteiger partial charge is 0.426 e. The Morgan fingerprint density at radius 1 is 0.909 bits per heavy atom. The Labute approximate surface area is 188 Å². The van der Waals surface area contributed by atoms with E-state index < -0.39 is 24.5 Å². The number of rotatable bonds is 4. The molecule has 33 heavy (non-hydrogen) atoms. The van der Waals surface area contributed by atoms with Crippen LogP contribution in [0.3, 0.4) is 0 Å². The summed E-state index contributed by atoms with van der Waals surface area (Å²) < 4.78 is 79.6. The Balaban J connectivity index is 1.23. The van der Waals surface area contributed by atoms with Gasteiger partial charge in [-0.05, 0) is 48.8 Å². The van der Waals surface area contributed by atoms with E-state index >= 15 is 0 Å². The Kier molecular flexibility index (Phi) is 6.45. The van der Waals surface area contributed by atoms with Gasteiger partial charge in [0.2, 0.25) is 0 Å². The summed E-state index contributed by atoms with van der Waals surface area (Å²) >= 11 is 0. The highest BCUT2D eigenvalue weighted by Gasteiger charge is 2.60. The third-order valence-corrected chi connectivity index (χ3v) is 6.83. The van der Waals surface area contributed by atoms with Gasteiger partial charge in [-0.15, -0.1) is 0 Å². The molecule has 184 valence electrons. The minimum Gasteiger partial charge on any atom is -0.426 e. The minimum atomic E-state index is -5.70. The molecule has 1 amide bonds. The van der Waals surface area contributed by atoms with Crippen LogP contribution in [-0.4, -0.2) is 73.6 Å². The molecule has 5 nitrogen and oxygen atoms in total. The molecule has 3 heterocycles. The van der Waals surface area contributed by atoms with Gasteiger partial charge in [0, 0.05) is 51.5 Å². The predicted octanol–water partition coefficient (Wildman–Crippen LogP) is 4.81. The van der Waals surface area contributed by atoms with Crippen LogP contribution in [0.15, 0.2) is 24.3 Å². The molecular formula is C22H27F6N3O2. The SMILES string of the molecule is O=C(OC(C(F)(F)F)C(F)(F)F)N1CCC2(CC1)CN(Cc1ccc(N3CCCC3)cc1)C2. The maximum Gasteiger partial charge on any atom is 0.434 e. The second kappa shape index (κ2) is 8.88. The first kappa shape index (κ1) is 24.0. The van der Waals surface area contributed by atoms with E-state index in [1.807, 2.05) is 0 Å². The van der Waals surface area contributed by atoms with Gasteiger partial charge in [-0.2, -0.15) is 26.3 Å². The van der Waals surface area contributed by atoms with Gasteiger partial charge < -0.3 is 14.5 Å². The van der Waals surface area contributed by atoms with Crippen molar-refractivity contribution in [1.82, 2.24) is 9.80 Å². The molecule has 0 unspecified atom stereocenters. The van der Waals surface area contributed by atoms with Crippen molar-refractivity contribution in [2.45, 2.75) is 50.7 Å². The number of benzene rings is 1. The van der Waals surface area contributed by atoms with Crippen LogP contribution in [0.25, 0.3) is 0 Å². The second-order valence-electron chi connectivity index (χ2n) is 9.34. The Morgan fingerprint density at radius 2 is 1.45 bits per heavy atom. The van der Waals surface area contributed by atoms with Crippen LogP contribution in [0.1, 0.15) is 31.2 Å². The van der Waals surface area contributed by atoms with Crippen LogP contribution in [0.4, 0.5) is 36.8 Å². The van der Waals surface area contributed by atoms with E-state index in [0.29, 0.717) is 12.8 Å². The molecular weight excluding hydrogens is 452 g/mol. The number of piperidine rings is 1. The van der Waals surface area contributed by atoms with Crippen LogP contribution in [0.2, 0.25) is 0 Å². The number of likely N-dealkylation sites (tertiary alicyclic amines) is 2. The molecule has 3 saturated heterocycles. The third kappa shape index (κ3) is 5.50. The molecule has 0 atom stereocenters. The molecule has 1 aromatic carbocycles. The van der Waals surface area contributed by atoms with Gasteiger partial charge in [0.15, 0.2) is 0 Å². The van der Waals surface area contributed by atoms with Crippen molar-refractivity contribution in [3.63, 3.8) is 0 Å². The van der Waals surface area contributed by atoms with Crippen LogP contribution in [-0.2, 0) is 11.3 Å². The third-order valence-electron chi connectivity index (χ3n) is 6.83. The standard InChI is InChI=1S/C22H27F6N3O2/c23-21(24,25)18(22(26,27)28)33-19(32)31-11-7-20(8-12-31)14-29(15-20)13-16-3-5-17(6-4-16)30-9-1-2-10-30/h3-6,18H,1-2,7-15H2. The Hall–Kier alpha value is -2.17. The summed E-state index contributed by atoms with van der Waals surface area (Å²) in [6, 6.07) is 8.51. The summed E-state index contributed by atoms with van der Waals surface area (Å²) in [5.41, 5.74) is 2.37. The molecule has 0 N–H and O–H groups in total. The average Bonchev–Trinajstić information content (AvgIpc) is 3.25. The lowest BCUT2D eigenvalue weighted by Crippen LogP contribution is -2.60. The van der Waals surface area contributed by atoms with Gasteiger partial charge in [-0.3, -0.25) is 4.90 Å². The fourth-order valence-electron chi connectivity index (χ4n) is 5.03. The molecule has 4 rings (SSSR count). The van der Waals surface area contributed by atoms with Crippen molar-refractivity contribution in [2.24, 2.45) is 5.41 Å². The fraction of sp³-hybridized carbons (Fsp3) is 0.682. The monoisotopic (exact) mass is 479 g/mol. The average molecular weight is 479 g/mol. The van der Waals surface area contributed by atoms with Crippen LogP contribution in [0.5, 0.6) is 0 Å². The number of amides is 1. The largest absolute Gasteiger partial charge is 0.434 e. The maximum absolute atomic E-state index is 12.6. The van der Waals surface area contributed by atoms with E-state index in [1.165, 1.54) is 24.1 Å². The van der Waals surface area contributed by atoms with Gasteiger partial charge >= 0.3 is 18.4 Å². The van der Waals surface area contributed by atoms with Gasteiger partial charge in [-0.25, -0.2) is 4.79 Å². The van der Waals surface area contributed by atoms with Crippen molar-refractivity contribution in [2.75, 3.05) is 44.2 Å². The summed E-state index contributed by atoms with van der Waals surface area (Å²) in [5, 5.41) is 0. The molecule has 1 aromatic rings. The first-order valence-electron chi connectivity index (χ1n) is 11.1. The van der Waals surface area contributed by atoms with E-state index in [1.54, 1.807) is 0 Å². The molecule has 0 saturated carbocycles. The molecule has 11 heteroatoms. The van der Waals surface area contributed by atoms with Gasteiger partial charge in [0.1, 0.15) is 0 Å². The highest BCUT2D eigenvalue weighted by Crippen LogP contribution is 2.42. The molecule has 0 radical (unpaired) electrons. The molecule has 0 aliphatic carbocycles. The topological polar surface area (TPSA) is 36.0 Å². The number of nitrogens with zero attached hydrogens (tertiary/aromatic N) is 3. The van der Waals surface area contributed by atoms with E-state index in [2.05, 4.69) is 38.8 Å². The summed E-state index contributed by atoms with van der Waals surface area (Å²) in [6.07, 6.45) is -13.6. The maximum atomic E-state index is 12.6. The highest BCUT2D eigenvalue weighted by molar-refractivity contribution is 5.68. The summed E-state index contributed by atoms with van der Waals surface area (Å²) in [4.78, 5) is 17.5. The van der Waals surface area contributed by atoms with Crippen LogP contribution < -0.4 is 4.90 Å². The molecule has 1 spiro atoms. The Morgan fingerprint density at radius 3 is 1.97 bits per heavy atom. The molecule has 3 fully saturated rings.